The molecule has 0 saturated heterocycles. The van der Waals surface area contributed by atoms with Crippen molar-refractivity contribution in [2.45, 2.75) is 38.4 Å². The van der Waals surface area contributed by atoms with E-state index in [0.717, 1.165) is 14.0 Å². The monoisotopic (exact) mass is 538 g/mol. The standard InChI is InChI=1S/C22H21ClF6N4O3/c1-11-18(23)19(22(27,28)29)31-33(11)16(9-17(25)26)20(34)30-15-6-5-13(8-14(15)21(35)36-2)32-7-3-4-12(24)10-32/h4-6,8,16-17H,3,7,9-10H2,1-2H3,(H,30,34)/t16-/m0/s1. The molecule has 7 nitrogen and oxygen atoms in total. The van der Waals surface area contributed by atoms with Crippen LogP contribution in [0, 0.1) is 6.92 Å². The molecule has 196 valence electrons. The smallest absolute Gasteiger partial charge is 0.436 e. The summed E-state index contributed by atoms with van der Waals surface area (Å²) in [5.74, 6) is -2.40. The zero-order chi connectivity index (χ0) is 26.8. The number of alkyl halides is 5. The van der Waals surface area contributed by atoms with Gasteiger partial charge in [-0.1, -0.05) is 11.6 Å². The molecule has 0 spiro atoms. The van der Waals surface area contributed by atoms with Crippen LogP contribution in [0.2, 0.25) is 5.02 Å². The van der Waals surface area contributed by atoms with E-state index in [1.54, 1.807) is 4.90 Å². The zero-order valence-electron chi connectivity index (χ0n) is 19.0. The number of nitrogens with zero attached hydrogens (tertiary/aromatic N) is 3. The van der Waals surface area contributed by atoms with Gasteiger partial charge in [-0.25, -0.2) is 18.0 Å². The maximum atomic E-state index is 13.7. The average molecular weight is 539 g/mol. The topological polar surface area (TPSA) is 76.5 Å². The number of hydrogen-bond donors (Lipinski definition) is 1. The van der Waals surface area contributed by atoms with Crippen LogP contribution in [0.4, 0.5) is 37.7 Å². The van der Waals surface area contributed by atoms with Crippen LogP contribution in [0.3, 0.4) is 0 Å². The van der Waals surface area contributed by atoms with Gasteiger partial charge in [0.1, 0.15) is 11.9 Å². The highest BCUT2D eigenvalue weighted by Crippen LogP contribution is 2.37. The second kappa shape index (κ2) is 10.8. The van der Waals surface area contributed by atoms with E-state index < -0.39 is 47.7 Å². The Morgan fingerprint density at radius 2 is 1.97 bits per heavy atom. The largest absolute Gasteiger partial charge is 0.465 e. The summed E-state index contributed by atoms with van der Waals surface area (Å²) < 4.78 is 85.2. The normalized spacial score (nSPS) is 15.1. The highest BCUT2D eigenvalue weighted by Gasteiger charge is 2.40. The molecule has 0 aliphatic carbocycles. The number of rotatable bonds is 7. The van der Waals surface area contributed by atoms with Crippen LogP contribution < -0.4 is 10.2 Å². The van der Waals surface area contributed by atoms with E-state index in [-0.39, 0.29) is 29.3 Å². The Morgan fingerprint density at radius 1 is 1.28 bits per heavy atom. The SMILES string of the molecule is COC(=O)c1cc(N2CCC=C(F)C2)ccc1NC(=O)[C@H](CC(F)F)n1nc(C(F)(F)F)c(Cl)c1C. The third kappa shape index (κ3) is 5.94. The molecule has 1 aromatic heterocycles. The number of esters is 1. The van der Waals surface area contributed by atoms with Crippen molar-refractivity contribution in [1.82, 2.24) is 9.78 Å². The minimum absolute atomic E-state index is 0.0380. The van der Waals surface area contributed by atoms with E-state index in [2.05, 4.69) is 10.4 Å². The molecule has 0 bridgehead atoms. The first-order valence-corrected chi connectivity index (χ1v) is 10.9. The van der Waals surface area contributed by atoms with Crippen LogP contribution in [0.15, 0.2) is 30.1 Å². The predicted molar refractivity (Wildman–Crippen MR) is 119 cm³/mol. The number of hydrogen-bond acceptors (Lipinski definition) is 5. The number of anilines is 2. The molecule has 0 fully saturated rings. The van der Waals surface area contributed by atoms with Crippen LogP contribution in [0.5, 0.6) is 0 Å². The number of methoxy groups -OCH3 is 1. The van der Waals surface area contributed by atoms with Crippen LogP contribution in [0.1, 0.15) is 40.6 Å². The van der Waals surface area contributed by atoms with Gasteiger partial charge in [0.05, 0.1) is 35.6 Å². The fraction of sp³-hybridized carbons (Fsp3) is 0.409. The molecule has 3 rings (SSSR count). The Morgan fingerprint density at radius 3 is 2.53 bits per heavy atom. The second-order valence-electron chi connectivity index (χ2n) is 7.90. The maximum absolute atomic E-state index is 13.7. The Bertz CT molecular complexity index is 1180. The molecule has 36 heavy (non-hydrogen) atoms. The number of carbonyl (C=O) groups is 2. The molecule has 1 aliphatic rings. The lowest BCUT2D eigenvalue weighted by Crippen LogP contribution is -2.31. The summed E-state index contributed by atoms with van der Waals surface area (Å²) in [6, 6.07) is 2.21. The number of benzene rings is 1. The van der Waals surface area contributed by atoms with E-state index >= 15 is 0 Å². The van der Waals surface area contributed by atoms with Gasteiger partial charge in [-0.3, -0.25) is 9.48 Å². The molecule has 1 amide bonds. The van der Waals surface area contributed by atoms with E-state index in [1.807, 2.05) is 0 Å². The number of amides is 1. The summed E-state index contributed by atoms with van der Waals surface area (Å²) >= 11 is 5.71. The van der Waals surface area contributed by atoms with Crippen molar-refractivity contribution >= 4 is 34.9 Å². The lowest BCUT2D eigenvalue weighted by molar-refractivity contribution is -0.141. The molecular formula is C22H21ClF6N4O3. The van der Waals surface area contributed by atoms with Crippen LogP contribution in [0.25, 0.3) is 0 Å². The average Bonchev–Trinajstić information content (AvgIpc) is 3.11. The molecule has 0 saturated carbocycles. The Hall–Kier alpha value is -3.22. The minimum atomic E-state index is -4.98. The molecule has 1 aromatic carbocycles. The molecule has 0 radical (unpaired) electrons. The predicted octanol–water partition coefficient (Wildman–Crippen LogP) is 5.55. The lowest BCUT2D eigenvalue weighted by atomic mass is 10.1. The highest BCUT2D eigenvalue weighted by molar-refractivity contribution is 6.32. The Balaban J connectivity index is 1.97. The molecule has 2 heterocycles. The summed E-state index contributed by atoms with van der Waals surface area (Å²) in [4.78, 5) is 27.0. The first kappa shape index (κ1) is 27.4. The molecule has 0 unspecified atom stereocenters. The van der Waals surface area contributed by atoms with Gasteiger partial charge in [-0.15, -0.1) is 0 Å². The third-order valence-electron chi connectivity index (χ3n) is 5.48. The van der Waals surface area contributed by atoms with Crippen LogP contribution in [-0.2, 0) is 15.7 Å². The van der Waals surface area contributed by atoms with Crippen molar-refractivity contribution in [1.29, 1.82) is 0 Å². The zero-order valence-corrected chi connectivity index (χ0v) is 19.8. The van der Waals surface area contributed by atoms with Gasteiger partial charge in [-0.2, -0.15) is 18.3 Å². The van der Waals surface area contributed by atoms with Crippen molar-refractivity contribution in [2.75, 3.05) is 30.4 Å². The number of aromatic nitrogens is 2. The summed E-state index contributed by atoms with van der Waals surface area (Å²) in [6.07, 6.45) is -7.37. The molecule has 1 atom stereocenters. The van der Waals surface area contributed by atoms with Gasteiger partial charge in [0.15, 0.2) is 5.69 Å². The van der Waals surface area contributed by atoms with Crippen molar-refractivity contribution in [3.05, 3.63) is 52.1 Å². The van der Waals surface area contributed by atoms with Gasteiger partial charge in [-0.05, 0) is 37.6 Å². The van der Waals surface area contributed by atoms with Crippen LogP contribution >= 0.6 is 11.6 Å². The third-order valence-corrected chi connectivity index (χ3v) is 5.94. The number of nitrogens with one attached hydrogen (secondary N) is 1. The molecule has 1 aliphatic heterocycles. The second-order valence-corrected chi connectivity index (χ2v) is 8.28. The molecule has 2 aromatic rings. The number of halogens is 7. The Kier molecular flexibility index (Phi) is 8.22. The minimum Gasteiger partial charge on any atom is -0.465 e. The van der Waals surface area contributed by atoms with E-state index in [4.69, 9.17) is 16.3 Å². The maximum Gasteiger partial charge on any atom is 0.436 e. The highest BCUT2D eigenvalue weighted by atomic mass is 35.5. The summed E-state index contributed by atoms with van der Waals surface area (Å²) in [6.45, 7) is 1.53. The first-order chi connectivity index (χ1) is 16.8. The Labute approximate surface area is 206 Å². The van der Waals surface area contributed by atoms with Crippen molar-refractivity contribution in [3.63, 3.8) is 0 Å². The van der Waals surface area contributed by atoms with Crippen molar-refractivity contribution < 1.29 is 40.7 Å². The van der Waals surface area contributed by atoms with Gasteiger partial charge < -0.3 is 15.0 Å². The fourth-order valence-electron chi connectivity index (χ4n) is 3.73. The van der Waals surface area contributed by atoms with Gasteiger partial charge >= 0.3 is 12.1 Å². The van der Waals surface area contributed by atoms with Crippen molar-refractivity contribution in [3.8, 4) is 0 Å². The number of ether oxygens (including phenoxy) is 1. The molecular weight excluding hydrogens is 518 g/mol. The van der Waals surface area contributed by atoms with Gasteiger partial charge in [0.2, 0.25) is 12.3 Å². The van der Waals surface area contributed by atoms with Gasteiger partial charge in [0.25, 0.3) is 0 Å². The van der Waals surface area contributed by atoms with Crippen LogP contribution in [-0.4, -0.2) is 48.3 Å². The van der Waals surface area contributed by atoms with Crippen molar-refractivity contribution in [2.24, 2.45) is 0 Å². The first-order valence-electron chi connectivity index (χ1n) is 10.6. The lowest BCUT2D eigenvalue weighted by Gasteiger charge is -2.27. The van der Waals surface area contributed by atoms with E-state index in [9.17, 15) is 35.9 Å². The number of carbonyl (C=O) groups excluding carboxylic acids is 2. The van der Waals surface area contributed by atoms with Gasteiger partial charge in [0, 0.05) is 18.7 Å². The quantitative estimate of drug-likeness (QED) is 0.369. The summed E-state index contributed by atoms with van der Waals surface area (Å²) in [5, 5.41) is 4.76. The van der Waals surface area contributed by atoms with E-state index in [1.165, 1.54) is 24.3 Å². The molecule has 1 N–H and O–H groups in total. The summed E-state index contributed by atoms with van der Waals surface area (Å²) in [7, 11) is 1.08. The van der Waals surface area contributed by atoms with E-state index in [0.29, 0.717) is 23.3 Å². The fourth-order valence-corrected chi connectivity index (χ4v) is 3.96. The summed E-state index contributed by atoms with van der Waals surface area (Å²) in [5.41, 5.74) is -1.73. The molecule has 14 heteroatoms.